The van der Waals surface area contributed by atoms with E-state index in [2.05, 4.69) is 12.2 Å². The second-order valence-electron chi connectivity index (χ2n) is 5.91. The zero-order valence-electron chi connectivity index (χ0n) is 12.1. The summed E-state index contributed by atoms with van der Waals surface area (Å²) in [6.45, 7) is 2.32. The summed E-state index contributed by atoms with van der Waals surface area (Å²) in [4.78, 5) is 0. The molecule has 0 spiro atoms. The minimum Gasteiger partial charge on any atom is -0.310 e. The first-order valence-electron chi connectivity index (χ1n) is 7.46. The minimum atomic E-state index is -4.51. The lowest BCUT2D eigenvalue weighted by atomic mass is 9.84. The van der Waals surface area contributed by atoms with Gasteiger partial charge in [-0.2, -0.15) is 13.2 Å². The van der Waals surface area contributed by atoms with Crippen LogP contribution in [0.25, 0.3) is 0 Å². The summed E-state index contributed by atoms with van der Waals surface area (Å²) in [6, 6.07) is 2.95. The average molecular weight is 303 g/mol. The molecule has 1 aromatic carbocycles. The molecule has 1 aliphatic carbocycles. The predicted molar refractivity (Wildman–Crippen MR) is 74.3 cm³/mol. The van der Waals surface area contributed by atoms with E-state index in [1.165, 1.54) is 19.3 Å². The van der Waals surface area contributed by atoms with Gasteiger partial charge < -0.3 is 5.32 Å². The van der Waals surface area contributed by atoms with Crippen LogP contribution in [0.5, 0.6) is 0 Å². The molecule has 1 atom stereocenters. The van der Waals surface area contributed by atoms with Gasteiger partial charge in [0.1, 0.15) is 5.82 Å². The van der Waals surface area contributed by atoms with Crippen LogP contribution in [0.2, 0.25) is 0 Å². The highest BCUT2D eigenvalue weighted by atomic mass is 19.4. The molecule has 1 saturated carbocycles. The highest BCUT2D eigenvalue weighted by Gasteiger charge is 2.31. The molecule has 1 nitrogen and oxygen atoms in total. The molecule has 0 aromatic heterocycles. The maximum absolute atomic E-state index is 13.3. The SMILES string of the molecule is C[C@@H](NCc1cc(F)cc(C(F)(F)F)c1)C1CCCCC1. The van der Waals surface area contributed by atoms with Gasteiger partial charge in [0.25, 0.3) is 0 Å². The van der Waals surface area contributed by atoms with Gasteiger partial charge in [0.15, 0.2) is 0 Å². The summed E-state index contributed by atoms with van der Waals surface area (Å²) in [7, 11) is 0. The number of benzene rings is 1. The molecule has 1 aliphatic rings. The Morgan fingerprint density at radius 1 is 1.14 bits per heavy atom. The Morgan fingerprint density at radius 2 is 1.81 bits per heavy atom. The van der Waals surface area contributed by atoms with Crippen LogP contribution in [0, 0.1) is 11.7 Å². The summed E-state index contributed by atoms with van der Waals surface area (Å²) in [5.74, 6) is -0.277. The van der Waals surface area contributed by atoms with Gasteiger partial charge in [0.2, 0.25) is 0 Å². The number of halogens is 4. The third-order valence-electron chi connectivity index (χ3n) is 4.27. The normalized spacial score (nSPS) is 18.7. The van der Waals surface area contributed by atoms with Gasteiger partial charge in [-0.25, -0.2) is 4.39 Å². The van der Waals surface area contributed by atoms with Crippen LogP contribution in [-0.2, 0) is 12.7 Å². The highest BCUT2D eigenvalue weighted by molar-refractivity contribution is 5.26. The van der Waals surface area contributed by atoms with Crippen LogP contribution >= 0.6 is 0 Å². The fourth-order valence-corrected chi connectivity index (χ4v) is 3.00. The van der Waals surface area contributed by atoms with Gasteiger partial charge in [-0.05, 0) is 49.4 Å². The molecule has 1 fully saturated rings. The van der Waals surface area contributed by atoms with Crippen LogP contribution in [0.4, 0.5) is 17.6 Å². The maximum Gasteiger partial charge on any atom is 0.416 e. The molecule has 1 aromatic rings. The van der Waals surface area contributed by atoms with Crippen molar-refractivity contribution in [1.82, 2.24) is 5.32 Å². The number of rotatable bonds is 4. The van der Waals surface area contributed by atoms with Gasteiger partial charge in [-0.15, -0.1) is 0 Å². The Balaban J connectivity index is 1.97. The van der Waals surface area contributed by atoms with E-state index in [1.807, 2.05) is 0 Å². The third kappa shape index (κ3) is 4.70. The van der Waals surface area contributed by atoms with Crippen LogP contribution in [0.1, 0.15) is 50.2 Å². The van der Waals surface area contributed by atoms with E-state index in [-0.39, 0.29) is 12.6 Å². The summed E-state index contributed by atoms with van der Waals surface area (Å²) in [6.07, 6.45) is 1.51. The van der Waals surface area contributed by atoms with E-state index in [0.717, 1.165) is 25.0 Å². The van der Waals surface area contributed by atoms with E-state index in [1.54, 1.807) is 0 Å². The summed E-state index contributed by atoms with van der Waals surface area (Å²) >= 11 is 0. The van der Waals surface area contributed by atoms with Crippen LogP contribution < -0.4 is 5.32 Å². The van der Waals surface area contributed by atoms with E-state index < -0.39 is 17.6 Å². The molecule has 0 heterocycles. The first-order valence-corrected chi connectivity index (χ1v) is 7.46. The Morgan fingerprint density at radius 3 is 2.43 bits per heavy atom. The van der Waals surface area contributed by atoms with E-state index in [0.29, 0.717) is 17.5 Å². The van der Waals surface area contributed by atoms with Crippen molar-refractivity contribution in [1.29, 1.82) is 0 Å². The van der Waals surface area contributed by atoms with Crippen LogP contribution in [-0.4, -0.2) is 6.04 Å². The molecule has 0 saturated heterocycles. The second-order valence-corrected chi connectivity index (χ2v) is 5.91. The van der Waals surface area contributed by atoms with Crippen molar-refractivity contribution in [3.8, 4) is 0 Å². The summed E-state index contributed by atoms with van der Waals surface area (Å²) < 4.78 is 51.3. The molecular weight excluding hydrogens is 282 g/mol. The van der Waals surface area contributed by atoms with Crippen LogP contribution in [0.3, 0.4) is 0 Å². The standard InChI is InChI=1S/C16H21F4N/c1-11(13-5-3-2-4-6-13)21-10-12-7-14(16(18,19)20)9-15(17)8-12/h7-9,11,13,21H,2-6,10H2,1H3/t11-/m1/s1. The first-order chi connectivity index (χ1) is 9.86. The highest BCUT2D eigenvalue weighted by Crippen LogP contribution is 2.31. The van der Waals surface area contributed by atoms with Crippen molar-refractivity contribution in [2.24, 2.45) is 5.92 Å². The van der Waals surface area contributed by atoms with Crippen molar-refractivity contribution in [2.75, 3.05) is 0 Å². The van der Waals surface area contributed by atoms with Gasteiger partial charge in [0, 0.05) is 12.6 Å². The van der Waals surface area contributed by atoms with E-state index >= 15 is 0 Å². The first kappa shape index (κ1) is 16.3. The lowest BCUT2D eigenvalue weighted by molar-refractivity contribution is -0.137. The molecule has 5 heteroatoms. The summed E-state index contributed by atoms with van der Waals surface area (Å²) in [5, 5.41) is 3.24. The van der Waals surface area contributed by atoms with Crippen LogP contribution in [0.15, 0.2) is 18.2 Å². The molecule has 118 valence electrons. The van der Waals surface area contributed by atoms with E-state index in [9.17, 15) is 17.6 Å². The van der Waals surface area contributed by atoms with Crippen molar-refractivity contribution in [2.45, 2.75) is 57.8 Å². The molecule has 0 unspecified atom stereocenters. The fraction of sp³-hybridized carbons (Fsp3) is 0.625. The fourth-order valence-electron chi connectivity index (χ4n) is 3.00. The zero-order valence-corrected chi connectivity index (χ0v) is 12.1. The molecule has 1 N–H and O–H groups in total. The topological polar surface area (TPSA) is 12.0 Å². The Bertz CT molecular complexity index is 464. The number of hydrogen-bond donors (Lipinski definition) is 1. The number of alkyl halides is 3. The van der Waals surface area contributed by atoms with Gasteiger partial charge >= 0.3 is 6.18 Å². The van der Waals surface area contributed by atoms with Crippen molar-refractivity contribution in [3.63, 3.8) is 0 Å². The van der Waals surface area contributed by atoms with Crippen molar-refractivity contribution in [3.05, 3.63) is 35.1 Å². The van der Waals surface area contributed by atoms with E-state index in [4.69, 9.17) is 0 Å². The Labute approximate surface area is 122 Å². The smallest absolute Gasteiger partial charge is 0.310 e. The molecule has 21 heavy (non-hydrogen) atoms. The molecular formula is C16H21F4N. The zero-order chi connectivity index (χ0) is 15.5. The Kier molecular flexibility index (Phi) is 5.25. The molecule has 0 amide bonds. The third-order valence-corrected chi connectivity index (χ3v) is 4.27. The lowest BCUT2D eigenvalue weighted by Gasteiger charge is -2.28. The quantitative estimate of drug-likeness (QED) is 0.780. The predicted octanol–water partition coefficient (Wildman–Crippen LogP) is 4.90. The maximum atomic E-state index is 13.3. The van der Waals surface area contributed by atoms with Gasteiger partial charge in [0.05, 0.1) is 5.56 Å². The van der Waals surface area contributed by atoms with Gasteiger partial charge in [-0.1, -0.05) is 19.3 Å². The second kappa shape index (κ2) is 6.77. The number of hydrogen-bond acceptors (Lipinski definition) is 1. The van der Waals surface area contributed by atoms with Gasteiger partial charge in [-0.3, -0.25) is 0 Å². The molecule has 0 radical (unpaired) electrons. The monoisotopic (exact) mass is 303 g/mol. The number of nitrogens with one attached hydrogen (secondary N) is 1. The molecule has 0 bridgehead atoms. The Hall–Kier alpha value is -1.10. The summed E-state index contributed by atoms with van der Waals surface area (Å²) in [5.41, 5.74) is -0.588. The largest absolute Gasteiger partial charge is 0.416 e. The lowest BCUT2D eigenvalue weighted by Crippen LogP contribution is -2.34. The molecule has 2 rings (SSSR count). The molecule has 0 aliphatic heterocycles. The average Bonchev–Trinajstić information content (AvgIpc) is 2.44. The van der Waals surface area contributed by atoms with Crippen molar-refractivity contribution < 1.29 is 17.6 Å². The minimum absolute atomic E-state index is 0.239. The van der Waals surface area contributed by atoms with Crippen molar-refractivity contribution >= 4 is 0 Å².